The van der Waals surface area contributed by atoms with Crippen molar-refractivity contribution in [3.8, 4) is 0 Å². The Balaban J connectivity index is 4.01. The van der Waals surface area contributed by atoms with Crippen LogP contribution in [0.2, 0.25) is 0 Å². The third kappa shape index (κ3) is 8.43. The van der Waals surface area contributed by atoms with E-state index in [1.54, 1.807) is 12.0 Å². The van der Waals surface area contributed by atoms with Crippen LogP contribution in [0.25, 0.3) is 0 Å². The summed E-state index contributed by atoms with van der Waals surface area (Å²) >= 11 is 0. The summed E-state index contributed by atoms with van der Waals surface area (Å²) in [6.07, 6.45) is 1.33. The summed E-state index contributed by atoms with van der Waals surface area (Å²) in [5.74, 6) is 0.0670. The Kier molecular flexibility index (Phi) is 8.95. The molecule has 0 rings (SSSR count). The number of sulfonamides is 1. The number of nitrogens with zero attached hydrogens (tertiary/aromatic N) is 1. The first-order valence-corrected chi connectivity index (χ1v) is 7.80. The minimum absolute atomic E-state index is 0.0548. The average Bonchev–Trinajstić information content (AvgIpc) is 2.26. The summed E-state index contributed by atoms with van der Waals surface area (Å²) in [5, 5.41) is 0. The third-order valence-corrected chi connectivity index (χ3v) is 3.99. The predicted molar refractivity (Wildman–Crippen MR) is 70.8 cm³/mol. The fourth-order valence-corrected chi connectivity index (χ4v) is 2.59. The number of nitrogens with one attached hydrogen (secondary N) is 1. The Morgan fingerprint density at radius 1 is 1.33 bits per heavy atom. The Morgan fingerprint density at radius 3 is 2.50 bits per heavy atom. The van der Waals surface area contributed by atoms with Crippen LogP contribution in [0.5, 0.6) is 0 Å². The molecule has 0 saturated carbocycles. The van der Waals surface area contributed by atoms with Gasteiger partial charge in [-0.1, -0.05) is 6.92 Å². The molecule has 0 unspecified atom stereocenters. The van der Waals surface area contributed by atoms with Crippen LogP contribution in [0, 0.1) is 0 Å². The van der Waals surface area contributed by atoms with Gasteiger partial charge in [0.25, 0.3) is 0 Å². The summed E-state index contributed by atoms with van der Waals surface area (Å²) in [4.78, 5) is 12.9. The number of ether oxygens (including phenoxy) is 1. The fraction of sp³-hybridized carbons (Fsp3) is 0.909. The lowest BCUT2D eigenvalue weighted by Crippen LogP contribution is -2.38. The van der Waals surface area contributed by atoms with Crippen LogP contribution in [-0.4, -0.2) is 58.3 Å². The molecule has 1 amide bonds. The maximum atomic E-state index is 11.4. The molecule has 0 bridgehead atoms. The molecule has 18 heavy (non-hydrogen) atoms. The molecule has 0 saturated heterocycles. The van der Waals surface area contributed by atoms with E-state index in [0.29, 0.717) is 26.1 Å². The number of carbonyl (C=O) groups is 1. The minimum Gasteiger partial charge on any atom is -0.385 e. The maximum absolute atomic E-state index is 11.4. The number of amides is 1. The van der Waals surface area contributed by atoms with Crippen molar-refractivity contribution in [2.24, 2.45) is 0 Å². The van der Waals surface area contributed by atoms with Crippen molar-refractivity contribution in [3.05, 3.63) is 0 Å². The highest BCUT2D eigenvalue weighted by Crippen LogP contribution is 1.94. The van der Waals surface area contributed by atoms with E-state index in [9.17, 15) is 13.2 Å². The van der Waals surface area contributed by atoms with Gasteiger partial charge < -0.3 is 9.64 Å². The van der Waals surface area contributed by atoms with Crippen molar-refractivity contribution in [1.29, 1.82) is 0 Å². The van der Waals surface area contributed by atoms with Gasteiger partial charge in [-0.25, -0.2) is 13.1 Å². The standard InChI is InChI=1S/C11H24N2O4S/c1-4-10-18(15,16)12-6-8-13(11(2)14)7-5-9-17-3/h12H,4-10H2,1-3H3. The van der Waals surface area contributed by atoms with Crippen molar-refractivity contribution in [3.63, 3.8) is 0 Å². The lowest BCUT2D eigenvalue weighted by atomic mass is 10.4. The zero-order valence-electron chi connectivity index (χ0n) is 11.4. The molecule has 0 atom stereocenters. The Labute approximate surface area is 110 Å². The largest absolute Gasteiger partial charge is 0.385 e. The van der Waals surface area contributed by atoms with Crippen LogP contribution in [-0.2, 0) is 19.6 Å². The van der Waals surface area contributed by atoms with Gasteiger partial charge in [-0.2, -0.15) is 0 Å². The van der Waals surface area contributed by atoms with Crippen molar-refractivity contribution in [2.75, 3.05) is 39.1 Å². The van der Waals surface area contributed by atoms with Crippen LogP contribution in [0.4, 0.5) is 0 Å². The van der Waals surface area contributed by atoms with Crippen LogP contribution >= 0.6 is 0 Å². The molecule has 7 heteroatoms. The SMILES string of the molecule is CCCS(=O)(=O)NCCN(CCCOC)C(C)=O. The molecular weight excluding hydrogens is 256 g/mol. The van der Waals surface area contributed by atoms with Crippen LogP contribution in [0.3, 0.4) is 0 Å². The van der Waals surface area contributed by atoms with Gasteiger partial charge in [0.15, 0.2) is 0 Å². The second-order valence-corrected chi connectivity index (χ2v) is 5.99. The smallest absolute Gasteiger partial charge is 0.219 e. The minimum atomic E-state index is -3.19. The first-order valence-electron chi connectivity index (χ1n) is 6.14. The van der Waals surface area contributed by atoms with Gasteiger partial charge in [0, 0.05) is 40.3 Å². The summed E-state index contributed by atoms with van der Waals surface area (Å²) in [7, 11) is -1.58. The Morgan fingerprint density at radius 2 is 2.00 bits per heavy atom. The quantitative estimate of drug-likeness (QED) is 0.580. The normalized spacial score (nSPS) is 11.5. The molecule has 0 aromatic heterocycles. The molecule has 0 aliphatic rings. The first-order chi connectivity index (χ1) is 8.43. The second-order valence-electron chi connectivity index (χ2n) is 4.07. The van der Waals surface area contributed by atoms with Gasteiger partial charge in [-0.3, -0.25) is 4.79 Å². The predicted octanol–water partition coefficient (Wildman–Crippen LogP) is 0.201. The third-order valence-electron chi connectivity index (χ3n) is 2.40. The zero-order valence-corrected chi connectivity index (χ0v) is 12.3. The molecule has 6 nitrogen and oxygen atoms in total. The van der Waals surface area contributed by atoms with Gasteiger partial charge >= 0.3 is 0 Å². The van der Waals surface area contributed by atoms with Gasteiger partial charge in [-0.15, -0.1) is 0 Å². The van der Waals surface area contributed by atoms with Crippen molar-refractivity contribution in [1.82, 2.24) is 9.62 Å². The molecule has 0 aromatic carbocycles. The van der Waals surface area contributed by atoms with Gasteiger partial charge in [0.2, 0.25) is 15.9 Å². The molecular formula is C11H24N2O4S. The molecule has 0 radical (unpaired) electrons. The highest BCUT2D eigenvalue weighted by atomic mass is 32.2. The van der Waals surface area contributed by atoms with Crippen LogP contribution in [0.15, 0.2) is 0 Å². The second kappa shape index (κ2) is 9.29. The number of carbonyl (C=O) groups excluding carboxylic acids is 1. The molecule has 0 aromatic rings. The van der Waals surface area contributed by atoms with Gasteiger partial charge in [-0.05, 0) is 12.8 Å². The molecule has 0 aliphatic carbocycles. The molecule has 0 spiro atoms. The number of methoxy groups -OCH3 is 1. The molecule has 108 valence electrons. The van der Waals surface area contributed by atoms with Gasteiger partial charge in [0.05, 0.1) is 5.75 Å². The van der Waals surface area contributed by atoms with E-state index in [-0.39, 0.29) is 18.2 Å². The zero-order chi connectivity index (χ0) is 14.0. The van der Waals surface area contributed by atoms with E-state index in [1.165, 1.54) is 6.92 Å². The highest BCUT2D eigenvalue weighted by Gasteiger charge is 2.11. The van der Waals surface area contributed by atoms with E-state index in [2.05, 4.69) is 4.72 Å². The van der Waals surface area contributed by atoms with Crippen molar-refractivity contribution >= 4 is 15.9 Å². The van der Waals surface area contributed by atoms with E-state index < -0.39 is 10.0 Å². The average molecular weight is 280 g/mol. The molecule has 0 aliphatic heterocycles. The maximum Gasteiger partial charge on any atom is 0.219 e. The summed E-state index contributed by atoms with van der Waals surface area (Å²) < 4.78 is 30.2. The summed E-state index contributed by atoms with van der Waals surface area (Å²) in [6, 6.07) is 0. The fourth-order valence-electron chi connectivity index (χ4n) is 1.50. The molecule has 0 heterocycles. The van der Waals surface area contributed by atoms with E-state index in [0.717, 1.165) is 6.42 Å². The molecule has 1 N–H and O–H groups in total. The number of hydrogen-bond donors (Lipinski definition) is 1. The van der Waals surface area contributed by atoms with Crippen LogP contribution in [0.1, 0.15) is 26.7 Å². The summed E-state index contributed by atoms with van der Waals surface area (Å²) in [5.41, 5.74) is 0. The van der Waals surface area contributed by atoms with Crippen molar-refractivity contribution < 1.29 is 17.9 Å². The Hall–Kier alpha value is -0.660. The first kappa shape index (κ1) is 17.3. The van der Waals surface area contributed by atoms with Crippen molar-refractivity contribution in [2.45, 2.75) is 26.7 Å². The van der Waals surface area contributed by atoms with Gasteiger partial charge in [0.1, 0.15) is 0 Å². The number of hydrogen-bond acceptors (Lipinski definition) is 4. The van der Waals surface area contributed by atoms with E-state index in [1.807, 2.05) is 6.92 Å². The topological polar surface area (TPSA) is 75.7 Å². The lowest BCUT2D eigenvalue weighted by molar-refractivity contribution is -0.128. The molecule has 0 fully saturated rings. The Bertz CT molecular complexity index is 330. The summed E-state index contributed by atoms with van der Waals surface area (Å²) in [6.45, 7) is 5.11. The van der Waals surface area contributed by atoms with E-state index >= 15 is 0 Å². The van der Waals surface area contributed by atoms with E-state index in [4.69, 9.17) is 4.74 Å². The van der Waals surface area contributed by atoms with Crippen LogP contribution < -0.4 is 4.72 Å². The lowest BCUT2D eigenvalue weighted by Gasteiger charge is -2.21. The number of rotatable bonds is 10. The highest BCUT2D eigenvalue weighted by molar-refractivity contribution is 7.89. The monoisotopic (exact) mass is 280 g/mol.